The first-order chi connectivity index (χ1) is 12.0. The molecule has 1 aromatic carbocycles. The summed E-state index contributed by atoms with van der Waals surface area (Å²) in [5.74, 6) is -0.00139. The third-order valence-corrected chi connectivity index (χ3v) is 5.15. The number of aryl methyl sites for hydroxylation is 1. The molecule has 1 heterocycles. The molecule has 1 aliphatic carbocycles. The Balaban J connectivity index is 1.94. The molecule has 1 aromatic heterocycles. The van der Waals surface area contributed by atoms with Crippen LogP contribution in [0.5, 0.6) is 0 Å². The molecule has 0 radical (unpaired) electrons. The predicted molar refractivity (Wildman–Crippen MR) is 98.5 cm³/mol. The Morgan fingerprint density at radius 1 is 1.28 bits per heavy atom. The standard InChI is InChI=1S/C19H22ClN3O2/c1-12-7-3-5-9-15(12)21-19(25)18-17(24)11-13(2)23(22-18)16-10-6-4-8-14(16)20/h4,6,8,10-12,15H,3,5,7,9H2,1-2H3,(H,21,25)/t12-,15+/m1/s1. The lowest BCUT2D eigenvalue weighted by molar-refractivity contribution is 0.0902. The van der Waals surface area contributed by atoms with Crippen LogP contribution >= 0.6 is 11.6 Å². The van der Waals surface area contributed by atoms with Gasteiger partial charge >= 0.3 is 0 Å². The summed E-state index contributed by atoms with van der Waals surface area (Å²) in [6.07, 6.45) is 4.32. The number of amides is 1. The zero-order chi connectivity index (χ0) is 18.0. The van der Waals surface area contributed by atoms with Gasteiger partial charge in [0.25, 0.3) is 5.91 Å². The predicted octanol–water partition coefficient (Wildman–Crippen LogP) is 3.50. The Morgan fingerprint density at radius 2 is 2.00 bits per heavy atom. The van der Waals surface area contributed by atoms with Crippen molar-refractivity contribution in [1.82, 2.24) is 15.1 Å². The minimum absolute atomic E-state index is 0.0942. The normalized spacial score (nSPS) is 20.3. The first kappa shape index (κ1) is 17.7. The van der Waals surface area contributed by atoms with E-state index in [1.54, 1.807) is 23.7 Å². The number of halogens is 1. The molecule has 0 saturated heterocycles. The maximum absolute atomic E-state index is 12.6. The fourth-order valence-corrected chi connectivity index (χ4v) is 3.56. The van der Waals surface area contributed by atoms with E-state index in [9.17, 15) is 9.59 Å². The van der Waals surface area contributed by atoms with Gasteiger partial charge in [0.15, 0.2) is 5.69 Å². The lowest BCUT2D eigenvalue weighted by Crippen LogP contribution is -2.43. The number of hydrogen-bond acceptors (Lipinski definition) is 3. The molecule has 1 saturated carbocycles. The molecule has 1 fully saturated rings. The number of aromatic nitrogens is 2. The van der Waals surface area contributed by atoms with Crippen LogP contribution in [0.4, 0.5) is 0 Å². The third-order valence-electron chi connectivity index (χ3n) is 4.83. The van der Waals surface area contributed by atoms with Crippen molar-refractivity contribution in [3.8, 4) is 5.69 Å². The van der Waals surface area contributed by atoms with Crippen LogP contribution in [-0.4, -0.2) is 21.7 Å². The molecule has 1 aliphatic rings. The third kappa shape index (κ3) is 3.76. The largest absolute Gasteiger partial charge is 0.348 e. The van der Waals surface area contributed by atoms with Gasteiger partial charge in [0.1, 0.15) is 0 Å². The number of para-hydroxylation sites is 1. The molecule has 0 unspecified atom stereocenters. The lowest BCUT2D eigenvalue weighted by Gasteiger charge is -2.29. The Hall–Kier alpha value is -2.14. The Kier molecular flexibility index (Phi) is 5.23. The number of benzene rings is 1. The van der Waals surface area contributed by atoms with Gasteiger partial charge in [-0.05, 0) is 37.8 Å². The molecule has 25 heavy (non-hydrogen) atoms. The van der Waals surface area contributed by atoms with Gasteiger partial charge in [-0.15, -0.1) is 0 Å². The summed E-state index contributed by atoms with van der Waals surface area (Å²) in [4.78, 5) is 24.9. The summed E-state index contributed by atoms with van der Waals surface area (Å²) >= 11 is 6.24. The van der Waals surface area contributed by atoms with E-state index in [0.717, 1.165) is 19.3 Å². The number of nitrogens with one attached hydrogen (secondary N) is 1. The van der Waals surface area contributed by atoms with Crippen LogP contribution in [0.15, 0.2) is 35.1 Å². The Morgan fingerprint density at radius 3 is 2.72 bits per heavy atom. The highest BCUT2D eigenvalue weighted by Crippen LogP contribution is 2.24. The quantitative estimate of drug-likeness (QED) is 0.912. The van der Waals surface area contributed by atoms with Gasteiger partial charge in [0, 0.05) is 17.8 Å². The summed E-state index contributed by atoms with van der Waals surface area (Å²) in [5, 5.41) is 7.80. The summed E-state index contributed by atoms with van der Waals surface area (Å²) in [7, 11) is 0. The van der Waals surface area contributed by atoms with Crippen LogP contribution in [0.2, 0.25) is 5.02 Å². The maximum atomic E-state index is 12.6. The molecular weight excluding hydrogens is 338 g/mol. The second-order valence-electron chi connectivity index (χ2n) is 6.70. The molecule has 132 valence electrons. The summed E-state index contributed by atoms with van der Waals surface area (Å²) < 4.78 is 1.54. The zero-order valence-electron chi connectivity index (χ0n) is 14.5. The lowest BCUT2D eigenvalue weighted by atomic mass is 9.86. The minimum atomic E-state index is -0.412. The van der Waals surface area contributed by atoms with Gasteiger partial charge in [-0.25, -0.2) is 4.68 Å². The molecule has 0 spiro atoms. The second-order valence-corrected chi connectivity index (χ2v) is 7.11. The average Bonchev–Trinajstić information content (AvgIpc) is 2.58. The van der Waals surface area contributed by atoms with E-state index < -0.39 is 5.91 Å². The van der Waals surface area contributed by atoms with E-state index in [4.69, 9.17) is 11.6 Å². The van der Waals surface area contributed by atoms with Crippen molar-refractivity contribution in [3.63, 3.8) is 0 Å². The second kappa shape index (κ2) is 7.40. The Labute approximate surface area is 152 Å². The van der Waals surface area contributed by atoms with E-state index in [2.05, 4.69) is 17.3 Å². The molecule has 0 bridgehead atoms. The number of carbonyl (C=O) groups excluding carboxylic acids is 1. The van der Waals surface area contributed by atoms with Crippen LogP contribution in [0.1, 0.15) is 48.8 Å². The van der Waals surface area contributed by atoms with Crippen molar-refractivity contribution in [2.24, 2.45) is 5.92 Å². The van der Waals surface area contributed by atoms with Crippen molar-refractivity contribution in [3.05, 3.63) is 57.0 Å². The molecule has 1 N–H and O–H groups in total. The van der Waals surface area contributed by atoms with Gasteiger partial charge in [-0.1, -0.05) is 43.5 Å². The molecule has 0 aliphatic heterocycles. The van der Waals surface area contributed by atoms with Crippen LogP contribution in [0, 0.1) is 12.8 Å². The van der Waals surface area contributed by atoms with Gasteiger partial charge in [-0.2, -0.15) is 5.10 Å². The fraction of sp³-hybridized carbons (Fsp3) is 0.421. The van der Waals surface area contributed by atoms with Crippen molar-refractivity contribution in [1.29, 1.82) is 0 Å². The van der Waals surface area contributed by atoms with E-state index >= 15 is 0 Å². The minimum Gasteiger partial charge on any atom is -0.348 e. The molecule has 5 nitrogen and oxygen atoms in total. The number of carbonyl (C=O) groups is 1. The summed E-state index contributed by atoms with van der Waals surface area (Å²) in [5.41, 5.74) is 0.799. The number of nitrogens with zero attached hydrogens (tertiary/aromatic N) is 2. The van der Waals surface area contributed by atoms with Crippen LogP contribution in [0.3, 0.4) is 0 Å². The molecule has 3 rings (SSSR count). The van der Waals surface area contributed by atoms with E-state index in [1.807, 2.05) is 12.1 Å². The first-order valence-electron chi connectivity index (χ1n) is 8.64. The van der Waals surface area contributed by atoms with E-state index in [0.29, 0.717) is 22.3 Å². The van der Waals surface area contributed by atoms with Gasteiger partial charge in [-0.3, -0.25) is 9.59 Å². The molecule has 6 heteroatoms. The average molecular weight is 360 g/mol. The van der Waals surface area contributed by atoms with Gasteiger partial charge in [0.2, 0.25) is 5.43 Å². The SMILES string of the molecule is Cc1cc(=O)c(C(=O)N[C@H]2CCCC[C@H]2C)nn1-c1ccccc1Cl. The van der Waals surface area contributed by atoms with Crippen molar-refractivity contribution in [2.75, 3.05) is 0 Å². The maximum Gasteiger partial charge on any atom is 0.276 e. The van der Waals surface area contributed by atoms with Gasteiger partial charge < -0.3 is 5.32 Å². The monoisotopic (exact) mass is 359 g/mol. The fourth-order valence-electron chi connectivity index (χ4n) is 3.34. The first-order valence-corrected chi connectivity index (χ1v) is 9.02. The van der Waals surface area contributed by atoms with Crippen LogP contribution in [0.25, 0.3) is 5.69 Å². The summed E-state index contributed by atoms with van der Waals surface area (Å²) in [6.45, 7) is 3.90. The van der Waals surface area contributed by atoms with Crippen molar-refractivity contribution in [2.45, 2.75) is 45.6 Å². The van der Waals surface area contributed by atoms with Crippen LogP contribution < -0.4 is 10.7 Å². The molecule has 2 aromatic rings. The Bertz CT molecular complexity index is 847. The highest BCUT2D eigenvalue weighted by atomic mass is 35.5. The molecular formula is C19H22ClN3O2. The van der Waals surface area contributed by atoms with Crippen molar-refractivity contribution < 1.29 is 4.79 Å². The molecule has 1 amide bonds. The summed E-state index contributed by atoms with van der Waals surface area (Å²) in [6, 6.07) is 8.73. The number of hydrogen-bond donors (Lipinski definition) is 1. The van der Waals surface area contributed by atoms with E-state index in [-0.39, 0.29) is 17.2 Å². The highest BCUT2D eigenvalue weighted by Gasteiger charge is 2.25. The van der Waals surface area contributed by atoms with Crippen molar-refractivity contribution >= 4 is 17.5 Å². The smallest absolute Gasteiger partial charge is 0.276 e. The topological polar surface area (TPSA) is 64.0 Å². The highest BCUT2D eigenvalue weighted by molar-refractivity contribution is 6.32. The molecule has 2 atom stereocenters. The number of rotatable bonds is 3. The van der Waals surface area contributed by atoms with Crippen LogP contribution in [-0.2, 0) is 0 Å². The van der Waals surface area contributed by atoms with Gasteiger partial charge in [0.05, 0.1) is 10.7 Å². The van der Waals surface area contributed by atoms with E-state index in [1.165, 1.54) is 12.5 Å². The zero-order valence-corrected chi connectivity index (χ0v) is 15.2.